The molecular weight excluding hydrogens is 292 g/mol. The minimum absolute atomic E-state index is 0.181. The van der Waals surface area contributed by atoms with Gasteiger partial charge in [-0.05, 0) is 37.3 Å². The maximum atomic E-state index is 11.7. The predicted molar refractivity (Wildman–Crippen MR) is 86.1 cm³/mol. The van der Waals surface area contributed by atoms with Gasteiger partial charge in [-0.15, -0.1) is 0 Å². The average molecular weight is 312 g/mol. The van der Waals surface area contributed by atoms with Crippen LogP contribution in [0.15, 0.2) is 31.0 Å². The number of carbonyl (C=O) groups excluding carboxylic acids is 1. The molecule has 3 heterocycles. The molecule has 1 aliphatic heterocycles. The van der Waals surface area contributed by atoms with E-state index in [0.29, 0.717) is 11.6 Å². The van der Waals surface area contributed by atoms with E-state index in [1.54, 1.807) is 25.6 Å². The highest BCUT2D eigenvalue weighted by atomic mass is 16.1. The van der Waals surface area contributed by atoms with Crippen molar-refractivity contribution in [1.29, 1.82) is 0 Å². The molecule has 0 unspecified atom stereocenters. The molecule has 0 radical (unpaired) electrons. The van der Waals surface area contributed by atoms with E-state index in [9.17, 15) is 4.79 Å². The largest absolute Gasteiger partial charge is 0.356 e. The van der Waals surface area contributed by atoms with Crippen molar-refractivity contribution in [3.8, 4) is 0 Å². The molecule has 0 aromatic carbocycles. The van der Waals surface area contributed by atoms with Gasteiger partial charge in [0.15, 0.2) is 0 Å². The van der Waals surface area contributed by atoms with Crippen LogP contribution in [0.5, 0.6) is 0 Å². The van der Waals surface area contributed by atoms with Gasteiger partial charge in [-0.2, -0.15) is 0 Å². The van der Waals surface area contributed by atoms with Crippen molar-refractivity contribution in [3.63, 3.8) is 0 Å². The predicted octanol–water partition coefficient (Wildman–Crippen LogP) is 1.09. The Morgan fingerprint density at radius 2 is 2.26 bits per heavy atom. The molecule has 0 aliphatic carbocycles. The van der Waals surface area contributed by atoms with Crippen LogP contribution in [0.25, 0.3) is 0 Å². The molecule has 1 atom stereocenters. The zero-order valence-corrected chi connectivity index (χ0v) is 13.1. The van der Waals surface area contributed by atoms with Gasteiger partial charge in [-0.25, -0.2) is 19.9 Å². The summed E-state index contributed by atoms with van der Waals surface area (Å²) in [6, 6.07) is 3.72. The summed E-state index contributed by atoms with van der Waals surface area (Å²) in [5.41, 5.74) is 1.33. The zero-order valence-electron chi connectivity index (χ0n) is 13.1. The summed E-state index contributed by atoms with van der Waals surface area (Å²) >= 11 is 0. The van der Waals surface area contributed by atoms with Gasteiger partial charge in [-0.3, -0.25) is 4.79 Å². The quantitative estimate of drug-likeness (QED) is 0.909. The Morgan fingerprint density at radius 1 is 1.35 bits per heavy atom. The fraction of sp³-hybridized carbons (Fsp3) is 0.438. The SMILES string of the molecule is CNC(=O)c1cc(C[C@@H]2CCCN(c3ccncn3)C2)ncn1. The van der Waals surface area contributed by atoms with Gasteiger partial charge in [0.2, 0.25) is 0 Å². The number of rotatable bonds is 4. The smallest absolute Gasteiger partial charge is 0.269 e. The molecule has 2 aromatic heterocycles. The van der Waals surface area contributed by atoms with Crippen LogP contribution in [0.2, 0.25) is 0 Å². The molecule has 0 bridgehead atoms. The Bertz CT molecular complexity index is 663. The summed E-state index contributed by atoms with van der Waals surface area (Å²) in [5, 5.41) is 2.59. The third-order valence-electron chi connectivity index (χ3n) is 4.09. The molecule has 2 aromatic rings. The Hall–Kier alpha value is -2.57. The Balaban J connectivity index is 1.67. The van der Waals surface area contributed by atoms with Crippen LogP contribution in [-0.2, 0) is 6.42 Å². The van der Waals surface area contributed by atoms with Crippen LogP contribution in [0.1, 0.15) is 29.0 Å². The molecule has 1 saturated heterocycles. The lowest BCUT2D eigenvalue weighted by Gasteiger charge is -2.33. The number of anilines is 1. The van der Waals surface area contributed by atoms with Crippen molar-refractivity contribution in [1.82, 2.24) is 25.3 Å². The van der Waals surface area contributed by atoms with E-state index in [1.165, 1.54) is 6.33 Å². The summed E-state index contributed by atoms with van der Waals surface area (Å²) in [5.74, 6) is 1.28. The van der Waals surface area contributed by atoms with E-state index < -0.39 is 0 Å². The topological polar surface area (TPSA) is 83.9 Å². The molecule has 1 amide bonds. The molecule has 0 spiro atoms. The minimum atomic E-state index is -0.181. The summed E-state index contributed by atoms with van der Waals surface area (Å²) in [6.07, 6.45) is 7.94. The van der Waals surface area contributed by atoms with Crippen molar-refractivity contribution in [3.05, 3.63) is 42.4 Å². The van der Waals surface area contributed by atoms with Gasteiger partial charge in [-0.1, -0.05) is 0 Å². The summed E-state index contributed by atoms with van der Waals surface area (Å²) < 4.78 is 0. The number of nitrogens with zero attached hydrogens (tertiary/aromatic N) is 5. The molecule has 1 N–H and O–H groups in total. The van der Waals surface area contributed by atoms with Crippen LogP contribution >= 0.6 is 0 Å². The number of hydrogen-bond acceptors (Lipinski definition) is 6. The van der Waals surface area contributed by atoms with E-state index >= 15 is 0 Å². The Kier molecular flexibility index (Phi) is 4.75. The van der Waals surface area contributed by atoms with Crippen LogP contribution in [0, 0.1) is 5.92 Å². The van der Waals surface area contributed by atoms with Gasteiger partial charge in [0.25, 0.3) is 5.91 Å². The Morgan fingerprint density at radius 3 is 3.04 bits per heavy atom. The lowest BCUT2D eigenvalue weighted by molar-refractivity contribution is 0.0958. The third-order valence-corrected chi connectivity index (χ3v) is 4.09. The van der Waals surface area contributed by atoms with Gasteiger partial charge >= 0.3 is 0 Å². The summed E-state index contributed by atoms with van der Waals surface area (Å²) in [7, 11) is 1.60. The highest BCUT2D eigenvalue weighted by molar-refractivity contribution is 5.91. The number of carbonyl (C=O) groups is 1. The molecule has 7 heteroatoms. The lowest BCUT2D eigenvalue weighted by Crippen LogP contribution is -2.36. The van der Waals surface area contributed by atoms with Crippen molar-refractivity contribution in [2.24, 2.45) is 5.92 Å². The molecule has 7 nitrogen and oxygen atoms in total. The van der Waals surface area contributed by atoms with E-state index in [1.807, 2.05) is 6.07 Å². The molecule has 120 valence electrons. The fourth-order valence-electron chi connectivity index (χ4n) is 2.97. The lowest BCUT2D eigenvalue weighted by atomic mass is 9.93. The first-order chi connectivity index (χ1) is 11.3. The normalized spacial score (nSPS) is 17.8. The highest BCUT2D eigenvalue weighted by Crippen LogP contribution is 2.23. The molecular formula is C16H20N6O. The first-order valence-corrected chi connectivity index (χ1v) is 7.80. The van der Waals surface area contributed by atoms with Gasteiger partial charge in [0.05, 0.1) is 0 Å². The molecule has 0 saturated carbocycles. The van der Waals surface area contributed by atoms with Crippen molar-refractivity contribution < 1.29 is 4.79 Å². The monoisotopic (exact) mass is 312 g/mol. The average Bonchev–Trinajstić information content (AvgIpc) is 2.62. The summed E-state index contributed by atoms with van der Waals surface area (Å²) in [6.45, 7) is 1.96. The van der Waals surface area contributed by atoms with Crippen LogP contribution < -0.4 is 10.2 Å². The van der Waals surface area contributed by atoms with Crippen molar-refractivity contribution in [2.75, 3.05) is 25.0 Å². The van der Waals surface area contributed by atoms with E-state index in [4.69, 9.17) is 0 Å². The third kappa shape index (κ3) is 3.80. The van der Waals surface area contributed by atoms with E-state index in [0.717, 1.165) is 43.9 Å². The maximum Gasteiger partial charge on any atom is 0.269 e. The van der Waals surface area contributed by atoms with Gasteiger partial charge in [0, 0.05) is 32.0 Å². The van der Waals surface area contributed by atoms with Crippen LogP contribution in [0.3, 0.4) is 0 Å². The van der Waals surface area contributed by atoms with Crippen molar-refractivity contribution >= 4 is 11.7 Å². The number of amides is 1. The number of hydrogen-bond donors (Lipinski definition) is 1. The molecule has 23 heavy (non-hydrogen) atoms. The second-order valence-corrected chi connectivity index (χ2v) is 5.70. The second kappa shape index (κ2) is 7.13. The van der Waals surface area contributed by atoms with Crippen molar-refractivity contribution in [2.45, 2.75) is 19.3 Å². The molecule has 1 aliphatic rings. The van der Waals surface area contributed by atoms with Crippen LogP contribution in [-0.4, -0.2) is 46.0 Å². The number of nitrogens with one attached hydrogen (secondary N) is 1. The standard InChI is InChI=1S/C16H20N6O/c1-17-16(23)14-8-13(19-11-20-14)7-12-3-2-6-22(9-12)15-4-5-18-10-21-15/h4-5,8,10-12H,2-3,6-7,9H2,1H3,(H,17,23)/t12-/m0/s1. The van der Waals surface area contributed by atoms with Crippen LogP contribution in [0.4, 0.5) is 5.82 Å². The minimum Gasteiger partial charge on any atom is -0.356 e. The van der Waals surface area contributed by atoms with E-state index in [2.05, 4.69) is 30.2 Å². The number of piperidine rings is 1. The highest BCUT2D eigenvalue weighted by Gasteiger charge is 2.22. The van der Waals surface area contributed by atoms with E-state index in [-0.39, 0.29) is 5.91 Å². The fourth-order valence-corrected chi connectivity index (χ4v) is 2.97. The molecule has 3 rings (SSSR count). The van der Waals surface area contributed by atoms with Gasteiger partial charge < -0.3 is 10.2 Å². The Labute approximate surface area is 135 Å². The van der Waals surface area contributed by atoms with Gasteiger partial charge in [0.1, 0.15) is 24.2 Å². The molecule has 1 fully saturated rings. The number of aromatic nitrogens is 4. The zero-order chi connectivity index (χ0) is 16.1. The second-order valence-electron chi connectivity index (χ2n) is 5.70. The maximum absolute atomic E-state index is 11.7. The summed E-state index contributed by atoms with van der Waals surface area (Å²) in [4.78, 5) is 30.6. The first kappa shape index (κ1) is 15.3. The first-order valence-electron chi connectivity index (χ1n) is 7.80.